The van der Waals surface area contributed by atoms with E-state index in [1.54, 1.807) is 17.1 Å². The van der Waals surface area contributed by atoms with Gasteiger partial charge in [-0.05, 0) is 31.0 Å². The summed E-state index contributed by atoms with van der Waals surface area (Å²) in [5.74, 6) is -0.173. The zero-order valence-electron chi connectivity index (χ0n) is 12.8. The average Bonchev–Trinajstić information content (AvgIpc) is 3.14. The van der Waals surface area contributed by atoms with E-state index in [9.17, 15) is 4.79 Å². The Morgan fingerprint density at radius 3 is 3.05 bits per heavy atom. The van der Waals surface area contributed by atoms with Crippen LogP contribution in [0.4, 0.5) is 0 Å². The van der Waals surface area contributed by atoms with Gasteiger partial charge >= 0.3 is 0 Å². The molecule has 0 saturated carbocycles. The Morgan fingerprint density at radius 1 is 1.45 bits per heavy atom. The van der Waals surface area contributed by atoms with Crippen LogP contribution in [0.3, 0.4) is 0 Å². The second kappa shape index (κ2) is 6.27. The minimum Gasteiger partial charge on any atom is -0.371 e. The van der Waals surface area contributed by atoms with Crippen molar-refractivity contribution in [2.24, 2.45) is 13.0 Å². The zero-order valence-corrected chi connectivity index (χ0v) is 12.8. The molecule has 2 atom stereocenters. The van der Waals surface area contributed by atoms with E-state index >= 15 is 0 Å². The van der Waals surface area contributed by atoms with Crippen molar-refractivity contribution in [1.82, 2.24) is 20.1 Å². The van der Waals surface area contributed by atoms with E-state index in [2.05, 4.69) is 15.4 Å². The molecule has 0 unspecified atom stereocenters. The van der Waals surface area contributed by atoms with Crippen molar-refractivity contribution < 1.29 is 9.53 Å². The SMILES string of the molecule is Cc1cccnc1CNC(=O)[C@@H]1CCO[C@H]1c1ccnn1C. The lowest BCUT2D eigenvalue weighted by molar-refractivity contribution is -0.127. The molecule has 1 N–H and O–H groups in total. The second-order valence-electron chi connectivity index (χ2n) is 5.55. The highest BCUT2D eigenvalue weighted by Gasteiger charge is 2.36. The molecule has 1 aliphatic heterocycles. The lowest BCUT2D eigenvalue weighted by Gasteiger charge is -2.18. The Balaban J connectivity index is 1.67. The van der Waals surface area contributed by atoms with Gasteiger partial charge in [0, 0.05) is 26.0 Å². The van der Waals surface area contributed by atoms with Crippen LogP contribution in [-0.2, 0) is 23.1 Å². The highest BCUT2D eigenvalue weighted by molar-refractivity contribution is 5.79. The van der Waals surface area contributed by atoms with Gasteiger partial charge in [-0.3, -0.25) is 14.5 Å². The number of nitrogens with zero attached hydrogens (tertiary/aromatic N) is 3. The van der Waals surface area contributed by atoms with Crippen LogP contribution < -0.4 is 5.32 Å². The lowest BCUT2D eigenvalue weighted by Crippen LogP contribution is -2.32. The van der Waals surface area contributed by atoms with Crippen molar-refractivity contribution in [2.45, 2.75) is 26.0 Å². The maximum atomic E-state index is 12.5. The third-order valence-electron chi connectivity index (χ3n) is 4.13. The molecule has 3 rings (SSSR count). The summed E-state index contributed by atoms with van der Waals surface area (Å²) >= 11 is 0. The number of carbonyl (C=O) groups is 1. The number of rotatable bonds is 4. The molecule has 1 fully saturated rings. The number of hydrogen-bond acceptors (Lipinski definition) is 4. The Kier molecular flexibility index (Phi) is 4.20. The maximum Gasteiger partial charge on any atom is 0.226 e. The van der Waals surface area contributed by atoms with Gasteiger partial charge in [-0.1, -0.05) is 6.07 Å². The van der Waals surface area contributed by atoms with E-state index in [4.69, 9.17) is 4.74 Å². The summed E-state index contributed by atoms with van der Waals surface area (Å²) in [4.78, 5) is 16.8. The van der Waals surface area contributed by atoms with Crippen LogP contribution in [0.2, 0.25) is 0 Å². The first-order valence-corrected chi connectivity index (χ1v) is 7.44. The summed E-state index contributed by atoms with van der Waals surface area (Å²) in [6.07, 6.45) is 3.97. The minimum atomic E-state index is -0.225. The van der Waals surface area contributed by atoms with Gasteiger partial charge in [0.05, 0.1) is 23.9 Å². The van der Waals surface area contributed by atoms with Gasteiger partial charge in [0.15, 0.2) is 0 Å². The highest BCUT2D eigenvalue weighted by Crippen LogP contribution is 2.34. The predicted octanol–water partition coefficient (Wildman–Crippen LogP) is 1.52. The van der Waals surface area contributed by atoms with E-state index in [0.29, 0.717) is 13.2 Å². The van der Waals surface area contributed by atoms with Crippen molar-refractivity contribution in [3.63, 3.8) is 0 Å². The van der Waals surface area contributed by atoms with Gasteiger partial charge in [0.1, 0.15) is 6.10 Å². The monoisotopic (exact) mass is 300 g/mol. The number of amides is 1. The molecular weight excluding hydrogens is 280 g/mol. The number of pyridine rings is 1. The molecular formula is C16H20N4O2. The van der Waals surface area contributed by atoms with Crippen LogP contribution in [0.15, 0.2) is 30.6 Å². The molecule has 0 aliphatic carbocycles. The summed E-state index contributed by atoms with van der Waals surface area (Å²) in [6, 6.07) is 5.79. The van der Waals surface area contributed by atoms with E-state index in [1.807, 2.05) is 32.2 Å². The molecule has 3 heterocycles. The summed E-state index contributed by atoms with van der Waals surface area (Å²) < 4.78 is 7.51. The summed E-state index contributed by atoms with van der Waals surface area (Å²) in [5.41, 5.74) is 2.91. The predicted molar refractivity (Wildman–Crippen MR) is 80.8 cm³/mol. The van der Waals surface area contributed by atoms with Gasteiger partial charge in [-0.15, -0.1) is 0 Å². The average molecular weight is 300 g/mol. The summed E-state index contributed by atoms with van der Waals surface area (Å²) in [5, 5.41) is 7.14. The van der Waals surface area contributed by atoms with Gasteiger partial charge in [0.25, 0.3) is 0 Å². The maximum absolute atomic E-state index is 12.5. The first-order chi connectivity index (χ1) is 10.7. The van der Waals surface area contributed by atoms with Crippen LogP contribution in [0.5, 0.6) is 0 Å². The fraction of sp³-hybridized carbons (Fsp3) is 0.438. The quantitative estimate of drug-likeness (QED) is 0.929. The van der Waals surface area contributed by atoms with Crippen molar-refractivity contribution in [2.75, 3.05) is 6.61 Å². The van der Waals surface area contributed by atoms with Crippen LogP contribution in [0.1, 0.15) is 29.5 Å². The second-order valence-corrected chi connectivity index (χ2v) is 5.55. The smallest absolute Gasteiger partial charge is 0.226 e. The lowest BCUT2D eigenvalue weighted by atomic mass is 9.98. The van der Waals surface area contributed by atoms with E-state index in [1.165, 1.54) is 0 Å². The summed E-state index contributed by atoms with van der Waals surface area (Å²) in [6.45, 7) is 3.03. The van der Waals surface area contributed by atoms with Crippen molar-refractivity contribution in [3.8, 4) is 0 Å². The zero-order chi connectivity index (χ0) is 15.5. The summed E-state index contributed by atoms with van der Waals surface area (Å²) in [7, 11) is 1.86. The van der Waals surface area contributed by atoms with Crippen molar-refractivity contribution in [3.05, 3.63) is 47.5 Å². The molecule has 0 bridgehead atoms. The number of carbonyl (C=O) groups excluding carboxylic acids is 1. The number of nitrogens with one attached hydrogen (secondary N) is 1. The minimum absolute atomic E-state index is 0.00810. The van der Waals surface area contributed by atoms with Crippen molar-refractivity contribution in [1.29, 1.82) is 0 Å². The van der Waals surface area contributed by atoms with Gasteiger partial charge < -0.3 is 10.1 Å². The van der Waals surface area contributed by atoms with Gasteiger partial charge in [0.2, 0.25) is 5.91 Å². The highest BCUT2D eigenvalue weighted by atomic mass is 16.5. The molecule has 0 spiro atoms. The Bertz CT molecular complexity index is 668. The first kappa shape index (κ1) is 14.7. The molecule has 0 aromatic carbocycles. The molecule has 22 heavy (non-hydrogen) atoms. The van der Waals surface area contributed by atoms with Gasteiger partial charge in [-0.25, -0.2) is 0 Å². The molecule has 2 aromatic rings. The number of aromatic nitrogens is 3. The molecule has 1 saturated heterocycles. The number of ether oxygens (including phenoxy) is 1. The normalized spacial score (nSPS) is 21.0. The first-order valence-electron chi connectivity index (χ1n) is 7.44. The van der Waals surface area contributed by atoms with E-state index in [0.717, 1.165) is 23.4 Å². The Labute approximate surface area is 129 Å². The molecule has 6 nitrogen and oxygen atoms in total. The molecule has 6 heteroatoms. The Morgan fingerprint density at radius 2 is 2.32 bits per heavy atom. The van der Waals surface area contributed by atoms with Crippen LogP contribution in [-0.4, -0.2) is 27.3 Å². The third-order valence-corrected chi connectivity index (χ3v) is 4.13. The molecule has 1 amide bonds. The molecule has 1 aliphatic rings. The molecule has 116 valence electrons. The fourth-order valence-electron chi connectivity index (χ4n) is 2.82. The largest absolute Gasteiger partial charge is 0.371 e. The topological polar surface area (TPSA) is 69.0 Å². The fourth-order valence-corrected chi connectivity index (χ4v) is 2.82. The van der Waals surface area contributed by atoms with Gasteiger partial charge in [-0.2, -0.15) is 5.10 Å². The van der Waals surface area contributed by atoms with Crippen molar-refractivity contribution >= 4 is 5.91 Å². The van der Waals surface area contributed by atoms with Crippen LogP contribution in [0.25, 0.3) is 0 Å². The van der Waals surface area contributed by atoms with E-state index in [-0.39, 0.29) is 17.9 Å². The molecule has 0 radical (unpaired) electrons. The standard InChI is InChI=1S/C16H20N4O2/c1-11-4-3-7-17-13(11)10-18-16(21)12-6-9-22-15(12)14-5-8-19-20(14)2/h3-5,7-8,12,15H,6,9-10H2,1-2H3,(H,18,21)/t12-,15-/m1/s1. The number of hydrogen-bond donors (Lipinski definition) is 1. The van der Waals surface area contributed by atoms with Crippen LogP contribution in [0, 0.1) is 12.8 Å². The third kappa shape index (κ3) is 2.87. The molecule has 2 aromatic heterocycles. The number of aryl methyl sites for hydroxylation is 2. The Hall–Kier alpha value is -2.21. The van der Waals surface area contributed by atoms with E-state index < -0.39 is 0 Å². The van der Waals surface area contributed by atoms with Crippen LogP contribution >= 0.6 is 0 Å².